The lowest BCUT2D eigenvalue weighted by atomic mass is 10.0. The number of hydrogen-bond donors (Lipinski definition) is 2. The van der Waals surface area contributed by atoms with Crippen molar-refractivity contribution in [2.75, 3.05) is 26.4 Å². The Hall–Kier alpha value is -3.59. The van der Waals surface area contributed by atoms with Crippen molar-refractivity contribution in [3.05, 3.63) is 122 Å². The zero-order valence-electron chi connectivity index (χ0n) is 56.2. The van der Waals surface area contributed by atoms with Gasteiger partial charge < -0.3 is 20.1 Å². The maximum Gasteiger partial charge on any atom is 0.472 e. The van der Waals surface area contributed by atoms with Gasteiger partial charge in [0.25, 0.3) is 0 Å². The summed E-state index contributed by atoms with van der Waals surface area (Å²) < 4.78 is 33.2. The molecule has 3 N–H and O–H groups in total. The van der Waals surface area contributed by atoms with E-state index in [1.54, 1.807) is 0 Å². The van der Waals surface area contributed by atoms with Crippen molar-refractivity contribution in [2.24, 2.45) is 5.73 Å². The maximum absolute atomic E-state index is 12.8. The number of hydrogen-bond acceptors (Lipinski definition) is 8. The minimum Gasteiger partial charge on any atom is -0.462 e. The van der Waals surface area contributed by atoms with Crippen LogP contribution in [0.5, 0.6) is 0 Å². The van der Waals surface area contributed by atoms with E-state index in [1.807, 2.05) is 0 Å². The fraction of sp³-hybridized carbons (Fsp3) is 0.714. The third-order valence-corrected chi connectivity index (χ3v) is 16.3. The molecule has 10 heteroatoms. The number of allylic oxidation sites excluding steroid dienone is 20. The van der Waals surface area contributed by atoms with Crippen molar-refractivity contribution in [2.45, 2.75) is 328 Å². The number of carbonyl (C=O) groups excluding carboxylic acids is 2. The van der Waals surface area contributed by atoms with Crippen LogP contribution in [-0.4, -0.2) is 49.3 Å². The first-order valence-electron chi connectivity index (χ1n) is 36.0. The van der Waals surface area contributed by atoms with E-state index in [2.05, 4.69) is 135 Å². The summed E-state index contributed by atoms with van der Waals surface area (Å²) in [7, 11) is -4.40. The van der Waals surface area contributed by atoms with Crippen molar-refractivity contribution < 1.29 is 37.6 Å². The quantitative estimate of drug-likeness (QED) is 0.0264. The zero-order chi connectivity index (χ0) is 63.0. The molecule has 0 aliphatic rings. The Morgan fingerprint density at radius 2 is 0.632 bits per heavy atom. The molecule has 0 rings (SSSR count). The standard InChI is InChI=1S/C77H134NO8P/c1-3-5-7-9-11-13-15-17-19-21-23-25-27-29-31-33-35-37-39-41-43-45-47-49-51-53-55-57-59-61-63-65-67-69-76(79)83-73-75(74-85-87(81,82)84-72-71-78)86-77(80)70-68-66-64-62-60-58-56-54-52-50-48-46-44-42-40-38-36-34-32-30-28-26-24-22-20-18-16-14-12-10-8-6-4-2/h6,8,12,14-15,17-18,20-21,23-24,26,30,32,36,38,42,44,48,50,75H,3-5,7,9-11,13,16,19,22,25,27-29,31,33-35,37,39-41,43,45-47,49,51-74,78H2,1-2H3,(H,81,82)/b8-6-,14-12-,17-15-,20-18-,23-21-,26-24-,32-30-,38-36-,44-42-,50-48-. The van der Waals surface area contributed by atoms with Crippen LogP contribution in [0.15, 0.2) is 122 Å². The largest absolute Gasteiger partial charge is 0.472 e. The van der Waals surface area contributed by atoms with E-state index in [9.17, 15) is 19.0 Å². The lowest BCUT2D eigenvalue weighted by Gasteiger charge is -2.19. The molecule has 2 unspecified atom stereocenters. The van der Waals surface area contributed by atoms with E-state index in [0.29, 0.717) is 6.42 Å². The highest BCUT2D eigenvalue weighted by Crippen LogP contribution is 2.43. The minimum absolute atomic E-state index is 0.0476. The molecule has 0 aliphatic carbocycles. The SMILES string of the molecule is CC/C=C\C/C=C\C/C=C\C/C=C\C/C=C\C/C=C\C/C=C\C/C=C\CCCCCCCCCCC(=O)OC(COC(=O)CCCCCCCCCCCCCCCCCCCCCCC/C=C\C/C=C\CCCCCCC)COP(=O)(O)OCCN. The van der Waals surface area contributed by atoms with Gasteiger partial charge in [-0.1, -0.05) is 322 Å². The molecule has 0 fully saturated rings. The Morgan fingerprint density at radius 3 is 0.943 bits per heavy atom. The maximum atomic E-state index is 12.8. The molecular formula is C77H134NO8P. The predicted octanol–water partition coefficient (Wildman–Crippen LogP) is 23.9. The number of esters is 2. The molecule has 2 atom stereocenters. The van der Waals surface area contributed by atoms with Gasteiger partial charge in [0, 0.05) is 19.4 Å². The first kappa shape index (κ1) is 83.4. The van der Waals surface area contributed by atoms with Crippen LogP contribution in [0.3, 0.4) is 0 Å². The van der Waals surface area contributed by atoms with Crippen molar-refractivity contribution in [3.8, 4) is 0 Å². The van der Waals surface area contributed by atoms with Gasteiger partial charge in [-0.3, -0.25) is 18.6 Å². The van der Waals surface area contributed by atoms with Gasteiger partial charge in [-0.15, -0.1) is 0 Å². The Morgan fingerprint density at radius 1 is 0.356 bits per heavy atom. The summed E-state index contributed by atoms with van der Waals surface area (Å²) in [5, 5.41) is 0. The highest BCUT2D eigenvalue weighted by atomic mass is 31.2. The molecule has 0 radical (unpaired) electrons. The Bertz CT molecular complexity index is 1840. The van der Waals surface area contributed by atoms with E-state index >= 15 is 0 Å². The van der Waals surface area contributed by atoms with Crippen LogP contribution >= 0.6 is 7.82 Å². The molecule has 0 saturated carbocycles. The molecule has 0 heterocycles. The number of unbranched alkanes of at least 4 members (excludes halogenated alkanes) is 34. The molecule has 0 aromatic heterocycles. The first-order valence-corrected chi connectivity index (χ1v) is 37.5. The molecule has 87 heavy (non-hydrogen) atoms. The summed E-state index contributed by atoms with van der Waals surface area (Å²) in [6.07, 6.45) is 100. The van der Waals surface area contributed by atoms with Gasteiger partial charge in [0.05, 0.1) is 13.2 Å². The number of phosphoric ester groups is 1. The molecule has 0 bridgehead atoms. The molecule has 0 aromatic carbocycles. The average Bonchev–Trinajstić information content (AvgIpc) is 3.64. The second kappa shape index (κ2) is 71.5. The van der Waals surface area contributed by atoms with Crippen LogP contribution in [0.2, 0.25) is 0 Å². The van der Waals surface area contributed by atoms with Gasteiger partial charge in [0.1, 0.15) is 6.61 Å². The second-order valence-corrected chi connectivity index (χ2v) is 25.2. The van der Waals surface area contributed by atoms with E-state index < -0.39 is 26.5 Å². The summed E-state index contributed by atoms with van der Waals surface area (Å²) >= 11 is 0. The van der Waals surface area contributed by atoms with Crippen molar-refractivity contribution in [3.63, 3.8) is 0 Å². The van der Waals surface area contributed by atoms with Crippen molar-refractivity contribution >= 4 is 19.8 Å². The fourth-order valence-corrected chi connectivity index (χ4v) is 10.8. The number of ether oxygens (including phenoxy) is 2. The fourth-order valence-electron chi connectivity index (χ4n) is 10.0. The van der Waals surface area contributed by atoms with Crippen LogP contribution in [0.1, 0.15) is 322 Å². The lowest BCUT2D eigenvalue weighted by molar-refractivity contribution is -0.161. The van der Waals surface area contributed by atoms with E-state index in [-0.39, 0.29) is 38.6 Å². The van der Waals surface area contributed by atoms with E-state index in [1.165, 1.54) is 186 Å². The molecule has 0 aliphatic heterocycles. The smallest absolute Gasteiger partial charge is 0.462 e. The van der Waals surface area contributed by atoms with E-state index in [0.717, 1.165) is 103 Å². The molecule has 0 saturated heterocycles. The first-order chi connectivity index (χ1) is 42.8. The minimum atomic E-state index is -4.40. The van der Waals surface area contributed by atoms with Gasteiger partial charge in [0.2, 0.25) is 0 Å². The van der Waals surface area contributed by atoms with E-state index in [4.69, 9.17) is 24.3 Å². The Kier molecular flexibility index (Phi) is 68.5. The van der Waals surface area contributed by atoms with Gasteiger partial charge in [-0.2, -0.15) is 0 Å². The molecule has 0 spiro atoms. The van der Waals surface area contributed by atoms with Crippen LogP contribution in [0.25, 0.3) is 0 Å². The van der Waals surface area contributed by atoms with Crippen LogP contribution < -0.4 is 5.73 Å². The monoisotopic (exact) mass is 1230 g/mol. The summed E-state index contributed by atoms with van der Waals surface area (Å²) in [5.74, 6) is -0.832. The Balaban J connectivity index is 3.91. The lowest BCUT2D eigenvalue weighted by Crippen LogP contribution is -2.29. The molecule has 9 nitrogen and oxygen atoms in total. The number of carbonyl (C=O) groups is 2. The summed E-state index contributed by atoms with van der Waals surface area (Å²) in [5.41, 5.74) is 5.40. The summed E-state index contributed by atoms with van der Waals surface area (Å²) in [6, 6.07) is 0. The highest BCUT2D eigenvalue weighted by molar-refractivity contribution is 7.47. The van der Waals surface area contributed by atoms with Gasteiger partial charge in [-0.25, -0.2) is 4.57 Å². The third-order valence-electron chi connectivity index (χ3n) is 15.3. The van der Waals surface area contributed by atoms with Crippen molar-refractivity contribution in [1.82, 2.24) is 0 Å². The van der Waals surface area contributed by atoms with Crippen molar-refractivity contribution in [1.29, 1.82) is 0 Å². The average molecular weight is 1230 g/mol. The Labute approximate surface area is 536 Å². The van der Waals surface area contributed by atoms with Crippen LogP contribution in [-0.2, 0) is 32.7 Å². The normalized spacial score (nSPS) is 13.7. The van der Waals surface area contributed by atoms with Gasteiger partial charge >= 0.3 is 19.8 Å². The summed E-state index contributed by atoms with van der Waals surface area (Å²) in [6.45, 7) is 3.64. The van der Waals surface area contributed by atoms with Crippen LogP contribution in [0, 0.1) is 0 Å². The summed E-state index contributed by atoms with van der Waals surface area (Å²) in [4.78, 5) is 35.4. The molecule has 0 amide bonds. The number of phosphoric acid groups is 1. The zero-order valence-corrected chi connectivity index (χ0v) is 57.1. The predicted molar refractivity (Wildman–Crippen MR) is 376 cm³/mol. The third kappa shape index (κ3) is 71.4. The second-order valence-electron chi connectivity index (χ2n) is 23.7. The molecule has 500 valence electrons. The van der Waals surface area contributed by atoms with Crippen LogP contribution in [0.4, 0.5) is 0 Å². The van der Waals surface area contributed by atoms with Gasteiger partial charge in [-0.05, 0) is 109 Å². The van der Waals surface area contributed by atoms with Gasteiger partial charge in [0.15, 0.2) is 6.10 Å². The molecular weight excluding hydrogens is 1100 g/mol. The number of nitrogens with two attached hydrogens (primary N) is 1. The number of rotatable bonds is 67. The topological polar surface area (TPSA) is 134 Å². The molecule has 0 aromatic rings. The highest BCUT2D eigenvalue weighted by Gasteiger charge is 2.26.